The monoisotopic (exact) mass is 919 g/mol. The van der Waals surface area contributed by atoms with Crippen LogP contribution in [0.1, 0.15) is 219 Å². The Bertz CT molecular complexity index is 1400. The summed E-state index contributed by atoms with van der Waals surface area (Å²) in [6.07, 6.45) is 27.7. The molecule has 0 saturated carbocycles. The fraction of sp³-hybridized carbons (Fsp3) is 0.731. The summed E-state index contributed by atoms with van der Waals surface area (Å²) in [7, 11) is 0. The van der Waals surface area contributed by atoms with Crippen molar-refractivity contribution >= 4 is 59.5 Å². The molecular weight excluding hydrogens is 833 g/mol. The lowest BCUT2D eigenvalue weighted by Gasteiger charge is -2.24. The summed E-state index contributed by atoms with van der Waals surface area (Å²) in [4.78, 5) is 27.9. The van der Waals surface area contributed by atoms with E-state index in [2.05, 4.69) is 67.5 Å². The van der Waals surface area contributed by atoms with Gasteiger partial charge in [0, 0.05) is 56.5 Å². The van der Waals surface area contributed by atoms with Crippen LogP contribution in [0.2, 0.25) is 0 Å². The van der Waals surface area contributed by atoms with Crippen LogP contribution in [0.3, 0.4) is 0 Å². The van der Waals surface area contributed by atoms with Crippen molar-refractivity contribution in [2.45, 2.75) is 231 Å². The second-order valence-corrected chi connectivity index (χ2v) is 23.2. The fourth-order valence-corrected chi connectivity index (χ4v) is 10.5. The maximum Gasteiger partial charge on any atom is 0.312 e. The summed E-state index contributed by atoms with van der Waals surface area (Å²) in [5, 5.41) is 0. The lowest BCUT2D eigenvalue weighted by molar-refractivity contribution is -0.134. The smallest absolute Gasteiger partial charge is 0.312 e. The minimum Gasteiger partial charge on any atom is -0.426 e. The highest BCUT2D eigenvalue weighted by Gasteiger charge is 2.25. The molecule has 9 heteroatoms. The van der Waals surface area contributed by atoms with Crippen LogP contribution in [0.4, 0.5) is 0 Å². The van der Waals surface area contributed by atoms with Gasteiger partial charge in [0.15, 0.2) is 0 Å². The number of ether oxygens (including phenoxy) is 2. The summed E-state index contributed by atoms with van der Waals surface area (Å²) >= 11 is 6.36. The highest BCUT2D eigenvalue weighted by molar-refractivity contribution is 8.08. The van der Waals surface area contributed by atoms with E-state index in [0.29, 0.717) is 24.3 Å². The number of carbonyl (C=O) groups is 2. The summed E-state index contributed by atoms with van der Waals surface area (Å²) in [5.41, 5.74) is 3.49. The van der Waals surface area contributed by atoms with Gasteiger partial charge in [-0.15, -0.1) is 0 Å². The Morgan fingerprint density at radius 3 is 1.08 bits per heavy atom. The van der Waals surface area contributed by atoms with Gasteiger partial charge in [-0.2, -0.15) is 23.5 Å². The predicted octanol–water partition coefficient (Wildman–Crippen LogP) is 17.5. The molecule has 2 rings (SSSR count). The molecule has 0 bridgehead atoms. The van der Waals surface area contributed by atoms with E-state index in [1.807, 2.05) is 49.5 Å². The molecule has 0 fully saturated rings. The zero-order valence-corrected chi connectivity index (χ0v) is 43.6. The molecule has 2 aromatic carbocycles. The van der Waals surface area contributed by atoms with Gasteiger partial charge in [0.25, 0.3) is 0 Å². The summed E-state index contributed by atoms with van der Waals surface area (Å²) in [5.74, 6) is 4.71. The molecule has 0 aromatic heterocycles. The number of carbonyl (C=O) groups excluding carboxylic acids is 2. The molecule has 0 heterocycles. The molecule has 61 heavy (non-hydrogen) atoms. The fourth-order valence-electron chi connectivity index (χ4n) is 7.18. The van der Waals surface area contributed by atoms with E-state index in [4.69, 9.17) is 13.1 Å². The Balaban J connectivity index is 1.84. The third-order valence-electron chi connectivity index (χ3n) is 11.1. The van der Waals surface area contributed by atoms with E-state index in [9.17, 15) is 9.59 Å². The number of thioether (sulfide) groups is 2. The molecule has 0 atom stereocenters. The molecule has 0 aliphatic heterocycles. The van der Waals surface area contributed by atoms with Crippen molar-refractivity contribution in [2.24, 2.45) is 0 Å². The number of hydrogen-bond acceptors (Lipinski definition) is 9. The van der Waals surface area contributed by atoms with Gasteiger partial charge in [0.2, 0.25) is 0 Å². The van der Waals surface area contributed by atoms with Crippen molar-refractivity contribution in [1.82, 2.24) is 0 Å². The van der Waals surface area contributed by atoms with E-state index >= 15 is 0 Å². The lowest BCUT2D eigenvalue weighted by atomic mass is 9.86. The summed E-state index contributed by atoms with van der Waals surface area (Å²) in [6.45, 7) is 21.5. The highest BCUT2D eigenvalue weighted by Crippen LogP contribution is 2.42. The van der Waals surface area contributed by atoms with E-state index in [1.54, 1.807) is 0 Å². The van der Waals surface area contributed by atoms with Crippen molar-refractivity contribution in [1.29, 1.82) is 0 Å². The maximum absolute atomic E-state index is 13.0. The van der Waals surface area contributed by atoms with Gasteiger partial charge < -0.3 is 9.47 Å². The Morgan fingerprint density at radius 2 is 0.770 bits per heavy atom. The zero-order chi connectivity index (χ0) is 44.9. The Morgan fingerprint density at radius 1 is 0.459 bits per heavy atom. The first-order valence-corrected chi connectivity index (χ1v) is 27.8. The third kappa shape index (κ3) is 25.1. The molecule has 2 aromatic rings. The number of esters is 2. The van der Waals surface area contributed by atoms with Gasteiger partial charge in [-0.25, -0.2) is 3.63 Å². The Kier molecular flexibility index (Phi) is 29.7. The average molecular weight is 920 g/mol. The van der Waals surface area contributed by atoms with Crippen LogP contribution in [0.25, 0.3) is 0 Å². The largest absolute Gasteiger partial charge is 0.426 e. The first-order valence-electron chi connectivity index (χ1n) is 24.1. The molecular formula is C52H86O5S4. The van der Waals surface area contributed by atoms with Crippen LogP contribution in [0.15, 0.2) is 34.1 Å². The maximum atomic E-state index is 13.0. The SMILES string of the molecule is CCCCCCCCCCCCSCCC(=O)Oc1cc(C)c(SOSc2cc(C(C)(C)C)c(OC(=O)CCSCCCCCCCCCCCC)cc2C)cc1C(C)(C)C. The minimum absolute atomic E-state index is 0.176. The lowest BCUT2D eigenvalue weighted by Crippen LogP contribution is -2.17. The molecule has 0 aliphatic rings. The van der Waals surface area contributed by atoms with Crippen molar-refractivity contribution in [3.63, 3.8) is 0 Å². The van der Waals surface area contributed by atoms with E-state index in [1.165, 1.54) is 153 Å². The van der Waals surface area contributed by atoms with Gasteiger partial charge in [0.05, 0.1) is 12.8 Å². The van der Waals surface area contributed by atoms with E-state index in [-0.39, 0.29) is 22.8 Å². The molecule has 348 valence electrons. The first kappa shape index (κ1) is 55.9. The number of hydrogen-bond donors (Lipinski definition) is 0. The Hall–Kier alpha value is -1.26. The van der Waals surface area contributed by atoms with E-state index < -0.39 is 0 Å². The number of rotatable bonds is 34. The molecule has 0 aliphatic carbocycles. The standard InChI is InChI=1S/C52H86O5S4/c1-11-13-15-17-19-21-23-25-27-29-33-58-35-31-49(53)55-45-37-41(3)47(39-43(45)51(5,6)7)60-57-61-48-40-44(52(8,9)10)46(38-42(48)4)56-50(54)32-36-59-34-30-28-26-24-22-20-18-16-14-12-2/h37-40H,11-36H2,1-10H3. The van der Waals surface area contributed by atoms with Crippen LogP contribution < -0.4 is 9.47 Å². The zero-order valence-electron chi connectivity index (χ0n) is 40.4. The van der Waals surface area contributed by atoms with Crippen LogP contribution in [-0.2, 0) is 24.0 Å². The van der Waals surface area contributed by atoms with Crippen LogP contribution in [0.5, 0.6) is 11.5 Å². The summed E-state index contributed by atoms with van der Waals surface area (Å²) in [6, 6.07) is 8.17. The first-order chi connectivity index (χ1) is 29.2. The van der Waals surface area contributed by atoms with Crippen molar-refractivity contribution < 1.29 is 22.7 Å². The van der Waals surface area contributed by atoms with Gasteiger partial charge in [-0.05, 0) is 84.4 Å². The average Bonchev–Trinajstić information content (AvgIpc) is 3.19. The highest BCUT2D eigenvalue weighted by atomic mass is 32.2. The Labute approximate surface area is 392 Å². The van der Waals surface area contributed by atoms with Gasteiger partial charge >= 0.3 is 11.9 Å². The van der Waals surface area contributed by atoms with E-state index in [0.717, 1.165) is 55.1 Å². The van der Waals surface area contributed by atoms with Crippen LogP contribution in [-0.4, -0.2) is 35.0 Å². The molecule has 0 unspecified atom stereocenters. The van der Waals surface area contributed by atoms with Crippen molar-refractivity contribution in [2.75, 3.05) is 23.0 Å². The minimum atomic E-state index is -0.229. The van der Waals surface area contributed by atoms with Gasteiger partial charge in [0.1, 0.15) is 11.5 Å². The molecule has 5 nitrogen and oxygen atoms in total. The molecule has 0 spiro atoms. The van der Waals surface area contributed by atoms with Gasteiger partial charge in [-0.3, -0.25) is 9.59 Å². The number of unbranched alkanes of at least 4 members (excludes halogenated alkanes) is 18. The molecule has 0 N–H and O–H groups in total. The van der Waals surface area contributed by atoms with Crippen LogP contribution >= 0.6 is 47.6 Å². The van der Waals surface area contributed by atoms with Crippen molar-refractivity contribution in [3.8, 4) is 11.5 Å². The number of aryl methyl sites for hydroxylation is 2. The molecule has 0 saturated heterocycles. The normalized spacial score (nSPS) is 12.0. The van der Waals surface area contributed by atoms with Crippen molar-refractivity contribution in [3.05, 3.63) is 46.5 Å². The third-order valence-corrected chi connectivity index (χ3v) is 15.0. The topological polar surface area (TPSA) is 61.8 Å². The van der Waals surface area contributed by atoms with Crippen LogP contribution in [0, 0.1) is 13.8 Å². The second-order valence-electron chi connectivity index (χ2n) is 19.0. The number of benzene rings is 2. The predicted molar refractivity (Wildman–Crippen MR) is 271 cm³/mol. The van der Waals surface area contributed by atoms with Gasteiger partial charge in [-0.1, -0.05) is 171 Å². The summed E-state index contributed by atoms with van der Waals surface area (Å²) < 4.78 is 18.2. The quantitative estimate of drug-likeness (QED) is 0.0296. The second kappa shape index (κ2) is 32.4. The molecule has 0 radical (unpaired) electrons. The molecule has 0 amide bonds.